The molecule has 1 heterocycles. The van der Waals surface area contributed by atoms with Crippen LogP contribution in [0.5, 0.6) is 0 Å². The Morgan fingerprint density at radius 2 is 2.29 bits per heavy atom. The average Bonchev–Trinajstić information content (AvgIpc) is 2.86. The molecule has 1 N–H and O–H groups in total. The van der Waals surface area contributed by atoms with Crippen molar-refractivity contribution in [3.05, 3.63) is 11.1 Å². The summed E-state index contributed by atoms with van der Waals surface area (Å²) in [5, 5.41) is 6.54. The van der Waals surface area contributed by atoms with Gasteiger partial charge in [0.15, 0.2) is 5.13 Å². The molecule has 0 spiro atoms. The maximum atomic E-state index is 11.6. The first-order valence-electron chi connectivity index (χ1n) is 7.90. The predicted molar refractivity (Wildman–Crippen MR) is 88.7 cm³/mol. The van der Waals surface area contributed by atoms with E-state index < -0.39 is 0 Å². The van der Waals surface area contributed by atoms with Gasteiger partial charge in [-0.25, -0.2) is 4.98 Å². The van der Waals surface area contributed by atoms with E-state index in [1.807, 2.05) is 6.92 Å². The second-order valence-electron chi connectivity index (χ2n) is 6.55. The van der Waals surface area contributed by atoms with Gasteiger partial charge >= 0.3 is 0 Å². The Morgan fingerprint density at radius 1 is 1.52 bits per heavy atom. The summed E-state index contributed by atoms with van der Waals surface area (Å²) in [4.78, 5) is 17.9. The fraction of sp³-hybridized carbons (Fsp3) is 0.750. The van der Waals surface area contributed by atoms with Crippen molar-refractivity contribution in [3.63, 3.8) is 0 Å². The van der Waals surface area contributed by atoms with Crippen LogP contribution in [0.3, 0.4) is 0 Å². The molecule has 0 bridgehead atoms. The largest absolute Gasteiger partial charge is 0.308 e. The van der Waals surface area contributed by atoms with Gasteiger partial charge in [0.25, 0.3) is 0 Å². The van der Waals surface area contributed by atoms with Crippen molar-refractivity contribution in [2.24, 2.45) is 5.41 Å². The lowest BCUT2D eigenvalue weighted by Crippen LogP contribution is -2.43. The summed E-state index contributed by atoms with van der Waals surface area (Å²) < 4.78 is 0. The summed E-state index contributed by atoms with van der Waals surface area (Å²) in [6.07, 6.45) is 5.20. The third-order valence-electron chi connectivity index (χ3n) is 4.50. The molecule has 1 aliphatic carbocycles. The van der Waals surface area contributed by atoms with E-state index in [1.54, 1.807) is 23.2 Å². The molecule has 1 unspecified atom stereocenters. The van der Waals surface area contributed by atoms with Crippen LogP contribution in [0.15, 0.2) is 5.38 Å². The highest BCUT2D eigenvalue weighted by Gasteiger charge is 2.31. The summed E-state index contributed by atoms with van der Waals surface area (Å²) >= 11 is 1.55. The Bertz CT molecular complexity index is 484. The van der Waals surface area contributed by atoms with Gasteiger partial charge in [-0.1, -0.05) is 26.7 Å². The average molecular weight is 309 g/mol. The monoisotopic (exact) mass is 309 g/mol. The number of rotatable bonds is 5. The van der Waals surface area contributed by atoms with Gasteiger partial charge in [0.1, 0.15) is 0 Å². The highest BCUT2D eigenvalue weighted by Crippen LogP contribution is 2.35. The molecule has 2 rings (SSSR count). The highest BCUT2D eigenvalue weighted by atomic mass is 32.1. The second kappa shape index (κ2) is 6.88. The molecule has 0 aromatic carbocycles. The van der Waals surface area contributed by atoms with Crippen molar-refractivity contribution in [3.8, 4) is 0 Å². The Hall–Kier alpha value is -0.940. The van der Waals surface area contributed by atoms with E-state index in [-0.39, 0.29) is 5.91 Å². The number of aromatic nitrogens is 1. The molecule has 21 heavy (non-hydrogen) atoms. The molecule has 1 saturated carbocycles. The van der Waals surface area contributed by atoms with Gasteiger partial charge in [-0.3, -0.25) is 9.69 Å². The van der Waals surface area contributed by atoms with Gasteiger partial charge in [-0.05, 0) is 25.2 Å². The lowest BCUT2D eigenvalue weighted by molar-refractivity contribution is -0.116. The topological polar surface area (TPSA) is 45.2 Å². The minimum atomic E-state index is 0.0553. The molecule has 1 fully saturated rings. The van der Waals surface area contributed by atoms with E-state index >= 15 is 0 Å². The Labute approximate surface area is 132 Å². The Morgan fingerprint density at radius 3 is 2.90 bits per heavy atom. The zero-order chi connectivity index (χ0) is 15.5. The van der Waals surface area contributed by atoms with Crippen LogP contribution in [-0.2, 0) is 11.3 Å². The van der Waals surface area contributed by atoms with E-state index in [9.17, 15) is 4.79 Å². The summed E-state index contributed by atoms with van der Waals surface area (Å²) in [6.45, 7) is 9.74. The normalized spacial score (nSPS) is 21.2. The molecule has 5 heteroatoms. The van der Waals surface area contributed by atoms with E-state index in [0.29, 0.717) is 18.0 Å². The zero-order valence-electron chi connectivity index (χ0n) is 13.6. The van der Waals surface area contributed by atoms with Crippen LogP contribution in [0.25, 0.3) is 0 Å². The third kappa shape index (κ3) is 4.04. The van der Waals surface area contributed by atoms with E-state index in [4.69, 9.17) is 0 Å². The Balaban J connectivity index is 1.95. The molecule has 0 radical (unpaired) electrons. The first-order chi connectivity index (χ1) is 9.94. The summed E-state index contributed by atoms with van der Waals surface area (Å²) in [5.74, 6) is 0.0553. The van der Waals surface area contributed by atoms with Crippen LogP contribution in [0.1, 0.15) is 59.1 Å². The van der Waals surface area contributed by atoms with Crippen LogP contribution in [0, 0.1) is 5.41 Å². The number of hydrogen-bond acceptors (Lipinski definition) is 4. The van der Waals surface area contributed by atoms with Gasteiger partial charge in [-0.15, -0.1) is 11.3 Å². The minimum Gasteiger partial charge on any atom is -0.308 e. The van der Waals surface area contributed by atoms with Gasteiger partial charge in [0.05, 0.1) is 5.69 Å². The van der Waals surface area contributed by atoms with Gasteiger partial charge in [-0.2, -0.15) is 0 Å². The number of nitrogens with zero attached hydrogens (tertiary/aromatic N) is 2. The molecule has 4 nitrogen and oxygen atoms in total. The van der Waals surface area contributed by atoms with Crippen LogP contribution in [-0.4, -0.2) is 23.5 Å². The zero-order valence-corrected chi connectivity index (χ0v) is 14.4. The van der Waals surface area contributed by atoms with Gasteiger partial charge in [0, 0.05) is 31.4 Å². The first-order valence-corrected chi connectivity index (χ1v) is 8.78. The van der Waals surface area contributed by atoms with Crippen molar-refractivity contribution in [2.45, 2.75) is 66.0 Å². The maximum absolute atomic E-state index is 11.6. The molecular formula is C16H27N3OS. The van der Waals surface area contributed by atoms with Crippen molar-refractivity contribution < 1.29 is 4.79 Å². The lowest BCUT2D eigenvalue weighted by Gasteiger charge is -2.39. The summed E-state index contributed by atoms with van der Waals surface area (Å²) in [7, 11) is 0. The second-order valence-corrected chi connectivity index (χ2v) is 7.39. The third-order valence-corrected chi connectivity index (χ3v) is 5.42. The summed E-state index contributed by atoms with van der Waals surface area (Å²) in [5.41, 5.74) is 1.41. The molecule has 118 valence electrons. The van der Waals surface area contributed by atoms with Crippen molar-refractivity contribution in [1.82, 2.24) is 10.3 Å². The van der Waals surface area contributed by atoms with Gasteiger partial charge < -0.3 is 5.32 Å². The number of anilines is 1. The van der Waals surface area contributed by atoms with Crippen LogP contribution in [0.4, 0.5) is 5.13 Å². The van der Waals surface area contributed by atoms with Crippen molar-refractivity contribution in [2.75, 3.05) is 11.4 Å². The number of amides is 1. The first kappa shape index (κ1) is 16.4. The summed E-state index contributed by atoms with van der Waals surface area (Å²) in [6, 6.07) is 0.562. The number of carbonyl (C=O) groups is 1. The standard InChI is InChI=1S/C16H27N3OS/c1-5-19(12(2)20)15-18-13(11-21-15)10-17-14-8-6-7-9-16(14,3)4/h11,14,17H,5-10H2,1-4H3. The Kier molecular flexibility index (Phi) is 5.38. The molecular weight excluding hydrogens is 282 g/mol. The van der Waals surface area contributed by atoms with Crippen molar-refractivity contribution in [1.29, 1.82) is 0 Å². The highest BCUT2D eigenvalue weighted by molar-refractivity contribution is 7.14. The van der Waals surface area contributed by atoms with Crippen LogP contribution < -0.4 is 10.2 Å². The van der Waals surface area contributed by atoms with Crippen LogP contribution in [0.2, 0.25) is 0 Å². The molecule has 1 amide bonds. The number of thiazole rings is 1. The number of nitrogens with one attached hydrogen (secondary N) is 1. The van der Waals surface area contributed by atoms with Crippen LogP contribution >= 0.6 is 11.3 Å². The van der Waals surface area contributed by atoms with E-state index in [0.717, 1.165) is 17.4 Å². The van der Waals surface area contributed by atoms with E-state index in [2.05, 4.69) is 29.5 Å². The van der Waals surface area contributed by atoms with E-state index in [1.165, 1.54) is 25.7 Å². The molecule has 1 aromatic heterocycles. The lowest BCUT2D eigenvalue weighted by atomic mass is 9.73. The number of carbonyl (C=O) groups excluding carboxylic acids is 1. The number of hydrogen-bond donors (Lipinski definition) is 1. The molecule has 1 aliphatic rings. The predicted octanol–water partition coefficient (Wildman–Crippen LogP) is 3.57. The maximum Gasteiger partial charge on any atom is 0.225 e. The fourth-order valence-electron chi connectivity index (χ4n) is 3.09. The molecule has 0 saturated heterocycles. The molecule has 1 atom stereocenters. The van der Waals surface area contributed by atoms with Crippen molar-refractivity contribution >= 4 is 22.4 Å². The molecule has 0 aliphatic heterocycles. The SMILES string of the molecule is CCN(C(C)=O)c1nc(CNC2CCCCC2(C)C)cs1. The smallest absolute Gasteiger partial charge is 0.225 e. The molecule has 1 aromatic rings. The van der Waals surface area contributed by atoms with Gasteiger partial charge in [0.2, 0.25) is 5.91 Å². The quantitative estimate of drug-likeness (QED) is 0.904. The fourth-order valence-corrected chi connectivity index (χ4v) is 4.03. The minimum absolute atomic E-state index is 0.0553.